The number of hydrogen-bond donors (Lipinski definition) is 0. The van der Waals surface area contributed by atoms with Gasteiger partial charge in [-0.3, -0.25) is 4.40 Å². The molecule has 0 unspecified atom stereocenters. The maximum Gasteiger partial charge on any atom is 0.355 e. The Morgan fingerprint density at radius 3 is 2.71 bits per heavy atom. The van der Waals surface area contributed by atoms with Gasteiger partial charge in [0.2, 0.25) is 0 Å². The fourth-order valence-corrected chi connectivity index (χ4v) is 2.94. The van der Waals surface area contributed by atoms with Gasteiger partial charge in [0.15, 0.2) is 5.16 Å². The topological polar surface area (TPSA) is 47.3 Å². The quantitative estimate of drug-likeness (QED) is 0.670. The van der Waals surface area contributed by atoms with Crippen molar-refractivity contribution in [1.29, 1.82) is 0 Å². The van der Waals surface area contributed by atoms with Gasteiger partial charge in [0.1, 0.15) is 5.65 Å². The van der Waals surface area contributed by atoms with E-state index < -0.39 is 0 Å². The molecule has 0 aliphatic rings. The molecular weight excluding hydrogens is 350 g/mol. The maximum atomic E-state index is 12.0. The molecular formula is C15H12BrN3OS. The van der Waals surface area contributed by atoms with E-state index in [-0.39, 0.29) is 5.69 Å². The van der Waals surface area contributed by atoms with Gasteiger partial charge in [0.25, 0.3) is 0 Å². The number of pyridine rings is 1. The van der Waals surface area contributed by atoms with E-state index in [1.165, 1.54) is 16.2 Å². The summed E-state index contributed by atoms with van der Waals surface area (Å²) in [5.74, 6) is 0.731. The first-order valence-electron chi connectivity index (χ1n) is 6.36. The second-order valence-electron chi connectivity index (χ2n) is 4.64. The molecule has 0 aliphatic carbocycles. The fourth-order valence-electron chi connectivity index (χ4n) is 1.89. The molecule has 4 nitrogen and oxygen atoms in total. The summed E-state index contributed by atoms with van der Waals surface area (Å²) in [7, 11) is 0. The van der Waals surface area contributed by atoms with Crippen LogP contribution in [0.15, 0.2) is 57.0 Å². The molecule has 0 fully saturated rings. The number of nitrogens with zero attached hydrogens (tertiary/aromatic N) is 3. The third-order valence-electron chi connectivity index (χ3n) is 2.98. The fraction of sp³-hybridized carbons (Fsp3) is 0.133. The average Bonchev–Trinajstić information content (AvgIpc) is 2.46. The number of halogens is 1. The molecule has 0 bridgehead atoms. The third kappa shape index (κ3) is 3.33. The minimum Gasteiger partial charge on any atom is -0.251 e. The van der Waals surface area contributed by atoms with Crippen LogP contribution in [0, 0.1) is 6.92 Å². The van der Waals surface area contributed by atoms with E-state index in [1.54, 1.807) is 6.20 Å². The molecule has 0 radical (unpaired) electrons. The van der Waals surface area contributed by atoms with Crippen molar-refractivity contribution in [3.63, 3.8) is 0 Å². The van der Waals surface area contributed by atoms with Crippen LogP contribution >= 0.6 is 27.7 Å². The summed E-state index contributed by atoms with van der Waals surface area (Å²) >= 11 is 4.87. The van der Waals surface area contributed by atoms with Crippen molar-refractivity contribution in [3.8, 4) is 0 Å². The normalized spacial score (nSPS) is 11.0. The van der Waals surface area contributed by atoms with Crippen molar-refractivity contribution in [3.05, 3.63) is 68.7 Å². The predicted octanol–water partition coefficient (Wildman–Crippen LogP) is 3.45. The summed E-state index contributed by atoms with van der Waals surface area (Å²) in [5, 5.41) is 0.508. The highest BCUT2D eigenvalue weighted by Gasteiger charge is 2.05. The summed E-state index contributed by atoms with van der Waals surface area (Å²) in [6.07, 6.45) is 1.70. The number of fused-ring (bicyclic) bond motifs is 1. The molecule has 21 heavy (non-hydrogen) atoms. The Morgan fingerprint density at radius 1 is 1.19 bits per heavy atom. The van der Waals surface area contributed by atoms with E-state index >= 15 is 0 Å². The van der Waals surface area contributed by atoms with E-state index in [0.29, 0.717) is 10.8 Å². The Kier molecular flexibility index (Phi) is 4.07. The highest BCUT2D eigenvalue weighted by Crippen LogP contribution is 2.20. The van der Waals surface area contributed by atoms with Gasteiger partial charge in [0.05, 0.1) is 0 Å². The Bertz CT molecular complexity index is 846. The molecule has 0 saturated heterocycles. The van der Waals surface area contributed by atoms with Crippen LogP contribution in [0.25, 0.3) is 5.65 Å². The van der Waals surface area contributed by atoms with E-state index in [2.05, 4.69) is 25.9 Å². The number of hydrogen-bond acceptors (Lipinski definition) is 4. The molecule has 2 heterocycles. The second-order valence-corrected chi connectivity index (χ2v) is 6.49. The van der Waals surface area contributed by atoms with E-state index in [0.717, 1.165) is 21.4 Å². The average molecular weight is 362 g/mol. The van der Waals surface area contributed by atoms with Gasteiger partial charge in [-0.25, -0.2) is 9.78 Å². The molecule has 106 valence electrons. The van der Waals surface area contributed by atoms with E-state index in [4.69, 9.17) is 0 Å². The molecule has 0 spiro atoms. The Balaban J connectivity index is 1.87. The molecule has 1 aromatic carbocycles. The first-order chi connectivity index (χ1) is 10.1. The summed E-state index contributed by atoms with van der Waals surface area (Å²) < 4.78 is 2.50. The van der Waals surface area contributed by atoms with Crippen LogP contribution in [0.3, 0.4) is 0 Å². The highest BCUT2D eigenvalue weighted by molar-refractivity contribution is 9.10. The number of aromatic nitrogens is 3. The van der Waals surface area contributed by atoms with Crippen molar-refractivity contribution in [2.75, 3.05) is 0 Å². The first kappa shape index (κ1) is 14.3. The zero-order valence-electron chi connectivity index (χ0n) is 11.3. The standard InChI is InChI=1S/C15H12BrN3OS/c1-10-6-7-19-13(8-10)17-14(18-15(19)20)21-9-11-2-4-12(16)5-3-11/h2-8H,9H2,1H3. The Hall–Kier alpha value is -1.66. The molecule has 3 aromatic rings. The van der Waals surface area contributed by atoms with E-state index in [1.807, 2.05) is 43.3 Å². The number of aryl methyl sites for hydroxylation is 1. The van der Waals surface area contributed by atoms with Crippen LogP contribution in [0.2, 0.25) is 0 Å². The highest BCUT2D eigenvalue weighted by atomic mass is 79.9. The SMILES string of the molecule is Cc1ccn2c(=O)nc(SCc3ccc(Br)cc3)nc2c1. The molecule has 6 heteroatoms. The van der Waals surface area contributed by atoms with Crippen LogP contribution in [0.4, 0.5) is 0 Å². The summed E-state index contributed by atoms with van der Waals surface area (Å²) in [4.78, 5) is 20.4. The van der Waals surface area contributed by atoms with Crippen LogP contribution < -0.4 is 5.69 Å². The van der Waals surface area contributed by atoms with Gasteiger partial charge >= 0.3 is 5.69 Å². The monoisotopic (exact) mass is 361 g/mol. The maximum absolute atomic E-state index is 12.0. The zero-order chi connectivity index (χ0) is 14.8. The van der Waals surface area contributed by atoms with Gasteiger partial charge in [-0.05, 0) is 42.3 Å². The Labute approximate surface area is 134 Å². The Morgan fingerprint density at radius 2 is 1.95 bits per heavy atom. The molecule has 2 aromatic heterocycles. The minimum absolute atomic E-state index is 0.293. The largest absolute Gasteiger partial charge is 0.355 e. The number of rotatable bonds is 3. The van der Waals surface area contributed by atoms with Crippen LogP contribution in [0.5, 0.6) is 0 Å². The summed E-state index contributed by atoms with van der Waals surface area (Å²) in [5.41, 5.74) is 2.57. The van der Waals surface area contributed by atoms with Gasteiger partial charge in [-0.15, -0.1) is 0 Å². The lowest BCUT2D eigenvalue weighted by atomic mass is 10.2. The van der Waals surface area contributed by atoms with Crippen LogP contribution in [-0.2, 0) is 5.75 Å². The lowest BCUT2D eigenvalue weighted by Crippen LogP contribution is -2.19. The minimum atomic E-state index is -0.293. The number of benzene rings is 1. The third-order valence-corrected chi connectivity index (χ3v) is 4.43. The van der Waals surface area contributed by atoms with Gasteiger partial charge in [-0.1, -0.05) is 39.8 Å². The van der Waals surface area contributed by atoms with Crippen molar-refractivity contribution in [2.45, 2.75) is 17.8 Å². The lowest BCUT2D eigenvalue weighted by molar-refractivity contribution is 0.845. The molecule has 0 atom stereocenters. The smallest absolute Gasteiger partial charge is 0.251 e. The summed E-state index contributed by atoms with van der Waals surface area (Å²) in [6, 6.07) is 11.8. The second kappa shape index (κ2) is 5.99. The summed E-state index contributed by atoms with van der Waals surface area (Å²) in [6.45, 7) is 1.97. The molecule has 0 N–H and O–H groups in total. The molecule has 0 saturated carbocycles. The van der Waals surface area contributed by atoms with Crippen molar-refractivity contribution < 1.29 is 0 Å². The van der Waals surface area contributed by atoms with Gasteiger partial charge in [0, 0.05) is 16.4 Å². The molecule has 3 rings (SSSR count). The first-order valence-corrected chi connectivity index (χ1v) is 8.14. The van der Waals surface area contributed by atoms with Crippen molar-refractivity contribution in [2.24, 2.45) is 0 Å². The lowest BCUT2D eigenvalue weighted by Gasteiger charge is -2.04. The predicted molar refractivity (Wildman–Crippen MR) is 87.7 cm³/mol. The van der Waals surface area contributed by atoms with Crippen LogP contribution in [-0.4, -0.2) is 14.4 Å². The van der Waals surface area contributed by atoms with Gasteiger partial charge in [-0.2, -0.15) is 4.98 Å². The molecule has 0 aliphatic heterocycles. The van der Waals surface area contributed by atoms with E-state index in [9.17, 15) is 4.79 Å². The number of thioether (sulfide) groups is 1. The van der Waals surface area contributed by atoms with Crippen molar-refractivity contribution in [1.82, 2.24) is 14.4 Å². The van der Waals surface area contributed by atoms with Gasteiger partial charge < -0.3 is 0 Å². The van der Waals surface area contributed by atoms with Crippen molar-refractivity contribution >= 4 is 33.3 Å². The van der Waals surface area contributed by atoms with Crippen LogP contribution in [0.1, 0.15) is 11.1 Å². The zero-order valence-corrected chi connectivity index (χ0v) is 13.7. The molecule has 0 amide bonds.